The molecule has 0 bridgehead atoms. The second kappa shape index (κ2) is 6.81. The van der Waals surface area contributed by atoms with Gasteiger partial charge in [-0.1, -0.05) is 0 Å². The van der Waals surface area contributed by atoms with Gasteiger partial charge < -0.3 is 0 Å². The first kappa shape index (κ1) is 17.0. The molecule has 3 heteroatoms. The van der Waals surface area contributed by atoms with Gasteiger partial charge in [-0.2, -0.15) is 0 Å². The maximum atomic E-state index is 2.50. The minimum absolute atomic E-state index is 0. The van der Waals surface area contributed by atoms with E-state index in [-0.39, 0.29) is 24.8 Å². The molecule has 0 saturated heterocycles. The maximum absolute atomic E-state index is 2.50. The van der Waals surface area contributed by atoms with E-state index in [1.165, 1.54) is 60.3 Å². The fourth-order valence-corrected chi connectivity index (χ4v) is 4.66. The van der Waals surface area contributed by atoms with E-state index in [0.717, 1.165) is 0 Å². The topological polar surface area (TPSA) is 0 Å². The van der Waals surface area contributed by atoms with E-state index in [2.05, 4.69) is 48.6 Å². The van der Waals surface area contributed by atoms with Crippen molar-refractivity contribution in [2.75, 3.05) is 0 Å². The molecule has 0 aromatic heterocycles. The van der Waals surface area contributed by atoms with Crippen molar-refractivity contribution in [2.45, 2.75) is 22.9 Å². The average Bonchev–Trinajstić information content (AvgIpc) is 3.05. The third-order valence-electron chi connectivity index (χ3n) is 4.33. The second-order valence-electron chi connectivity index (χ2n) is 5.45. The van der Waals surface area contributed by atoms with E-state index in [1.54, 1.807) is 16.7 Å². The Labute approximate surface area is 153 Å². The Kier molecular flexibility index (Phi) is 5.51. The number of fused-ring (bicyclic) bond motifs is 2. The molecule has 2 aliphatic rings. The van der Waals surface area contributed by atoms with Crippen molar-refractivity contribution >= 4 is 30.9 Å². The number of hydrogen-bond acceptors (Lipinski definition) is 0. The van der Waals surface area contributed by atoms with Crippen molar-refractivity contribution in [3.05, 3.63) is 64.7 Å². The molecule has 2 aliphatic carbocycles. The van der Waals surface area contributed by atoms with Gasteiger partial charge in [0.15, 0.2) is 0 Å². The molecule has 107 valence electrons. The Morgan fingerprint density at radius 2 is 1.76 bits per heavy atom. The first-order valence-electron chi connectivity index (χ1n) is 6.98. The molecule has 0 N–H and O–H groups in total. The van der Waals surface area contributed by atoms with Gasteiger partial charge in [0.2, 0.25) is 0 Å². The Balaban J connectivity index is 0.000000807. The SMILES string of the molecule is Cl.Cl.[Hf][CH]1C=Cc2c1cc1c(c2-c2ccccc2)CCC1. The quantitative estimate of drug-likeness (QED) is 0.484. The van der Waals surface area contributed by atoms with Crippen molar-refractivity contribution in [2.24, 2.45) is 0 Å². The summed E-state index contributed by atoms with van der Waals surface area (Å²) in [4.78, 5) is 0. The molecule has 0 saturated carbocycles. The molecular weight excluding hydrogens is 466 g/mol. The van der Waals surface area contributed by atoms with E-state index >= 15 is 0 Å². The molecule has 4 rings (SSSR count). The fraction of sp³-hybridized carbons (Fsp3) is 0.222. The molecule has 1 unspecified atom stereocenters. The van der Waals surface area contributed by atoms with E-state index in [0.29, 0.717) is 3.67 Å². The van der Waals surface area contributed by atoms with Crippen LogP contribution < -0.4 is 0 Å². The van der Waals surface area contributed by atoms with Crippen LogP contribution in [-0.4, -0.2) is 0 Å². The first-order chi connectivity index (χ1) is 9.34. The summed E-state index contributed by atoms with van der Waals surface area (Å²) in [5.41, 5.74) is 9.25. The van der Waals surface area contributed by atoms with E-state index < -0.39 is 0 Å². The van der Waals surface area contributed by atoms with Crippen LogP contribution in [0.2, 0.25) is 0 Å². The number of benzene rings is 2. The first-order valence-corrected chi connectivity index (χ1v) is 9.05. The molecule has 0 nitrogen and oxygen atoms in total. The molecule has 21 heavy (non-hydrogen) atoms. The van der Waals surface area contributed by atoms with Gasteiger partial charge in [0.1, 0.15) is 0 Å². The van der Waals surface area contributed by atoms with E-state index in [1.807, 2.05) is 0 Å². The third-order valence-corrected chi connectivity index (χ3v) is 6.13. The predicted octanol–water partition coefficient (Wildman–Crippen LogP) is 5.30. The van der Waals surface area contributed by atoms with Crippen LogP contribution in [0.4, 0.5) is 0 Å². The van der Waals surface area contributed by atoms with Gasteiger partial charge in [-0.25, -0.2) is 0 Å². The Hall–Kier alpha value is -0.370. The standard InChI is InChI=1S/C18H15.2ClH.Hf/c1-2-6-13(7-3-1)18-16-10-4-8-14(16)12-15-9-5-11-17(15)18;;;/h1-4,6-8,10,12H,5,9,11H2;2*1H;. The molecule has 0 radical (unpaired) electrons. The van der Waals surface area contributed by atoms with Crippen molar-refractivity contribution in [3.63, 3.8) is 0 Å². The molecule has 0 aliphatic heterocycles. The predicted molar refractivity (Wildman–Crippen MR) is 90.2 cm³/mol. The van der Waals surface area contributed by atoms with Crippen LogP contribution in [0.15, 0.2) is 42.5 Å². The molecule has 0 heterocycles. The zero-order valence-corrected chi connectivity index (χ0v) is 16.9. The number of halogens is 2. The van der Waals surface area contributed by atoms with Crippen molar-refractivity contribution in [1.82, 2.24) is 0 Å². The van der Waals surface area contributed by atoms with Crippen molar-refractivity contribution in [3.8, 4) is 11.1 Å². The minimum atomic E-state index is 0. The van der Waals surface area contributed by atoms with Gasteiger partial charge >= 0.3 is 129 Å². The third kappa shape index (κ3) is 2.81. The van der Waals surface area contributed by atoms with Crippen LogP contribution in [0.3, 0.4) is 0 Å². The average molecular weight is 483 g/mol. The van der Waals surface area contributed by atoms with Gasteiger partial charge in [-0.3, -0.25) is 0 Å². The van der Waals surface area contributed by atoms with Crippen LogP contribution in [0.25, 0.3) is 17.2 Å². The van der Waals surface area contributed by atoms with Gasteiger partial charge in [0.05, 0.1) is 0 Å². The van der Waals surface area contributed by atoms with E-state index in [4.69, 9.17) is 0 Å². The van der Waals surface area contributed by atoms with Crippen molar-refractivity contribution in [1.29, 1.82) is 0 Å². The van der Waals surface area contributed by atoms with Crippen molar-refractivity contribution < 1.29 is 24.4 Å². The molecule has 0 amide bonds. The summed E-state index contributed by atoms with van der Waals surface area (Å²) in [7, 11) is 0. The molecule has 2 aromatic carbocycles. The summed E-state index contributed by atoms with van der Waals surface area (Å²) in [6, 6.07) is 13.5. The van der Waals surface area contributed by atoms with Gasteiger partial charge in [-0.05, 0) is 0 Å². The molecule has 1 atom stereocenters. The zero-order chi connectivity index (χ0) is 12.8. The monoisotopic (exact) mass is 483 g/mol. The van der Waals surface area contributed by atoms with E-state index in [9.17, 15) is 0 Å². The molecule has 0 spiro atoms. The zero-order valence-electron chi connectivity index (χ0n) is 11.6. The van der Waals surface area contributed by atoms with Gasteiger partial charge in [0.25, 0.3) is 0 Å². The second-order valence-corrected chi connectivity index (χ2v) is 7.68. The molecule has 0 fully saturated rings. The normalized spacial score (nSPS) is 17.6. The Bertz CT molecular complexity index is 677. The number of hydrogen-bond donors (Lipinski definition) is 0. The van der Waals surface area contributed by atoms with Crippen LogP contribution in [-0.2, 0) is 37.2 Å². The molecular formula is C18H17Cl2Hf. The summed E-state index contributed by atoms with van der Waals surface area (Å²) in [5, 5.41) is 0. The summed E-state index contributed by atoms with van der Waals surface area (Å²) in [6.07, 6.45) is 8.63. The number of aryl methyl sites for hydroxylation is 1. The Morgan fingerprint density at radius 3 is 2.52 bits per heavy atom. The summed E-state index contributed by atoms with van der Waals surface area (Å²) >= 11 is 1.22. The molecule has 2 aromatic rings. The Morgan fingerprint density at radius 1 is 1.00 bits per heavy atom. The summed E-state index contributed by atoms with van der Waals surface area (Å²) in [6.45, 7) is 0. The number of rotatable bonds is 1. The fourth-order valence-electron chi connectivity index (χ4n) is 3.45. The summed E-state index contributed by atoms with van der Waals surface area (Å²) in [5.74, 6) is 0. The van der Waals surface area contributed by atoms with Crippen LogP contribution in [0.1, 0.15) is 32.3 Å². The summed E-state index contributed by atoms with van der Waals surface area (Å²) < 4.78 is 0.711. The van der Waals surface area contributed by atoms with Crippen LogP contribution in [0.5, 0.6) is 0 Å². The van der Waals surface area contributed by atoms with Gasteiger partial charge in [-0.15, -0.1) is 24.8 Å². The van der Waals surface area contributed by atoms with Gasteiger partial charge in [0, 0.05) is 0 Å². The number of allylic oxidation sites excluding steroid dienone is 1. The van der Waals surface area contributed by atoms with Crippen LogP contribution >= 0.6 is 24.8 Å². The van der Waals surface area contributed by atoms with Crippen LogP contribution in [0, 0.1) is 0 Å².